The molecule has 116 valence electrons. The van der Waals surface area contributed by atoms with E-state index in [1.807, 2.05) is 0 Å². The number of benzene rings is 1. The normalized spacial score (nSPS) is 12.0. The van der Waals surface area contributed by atoms with E-state index in [1.165, 1.54) is 12.8 Å². The molecule has 0 aliphatic heterocycles. The van der Waals surface area contributed by atoms with Crippen molar-refractivity contribution < 1.29 is 9.59 Å². The van der Waals surface area contributed by atoms with Gasteiger partial charge in [-0.05, 0) is 24.5 Å². The zero-order valence-corrected chi connectivity index (χ0v) is 13.3. The summed E-state index contributed by atoms with van der Waals surface area (Å²) in [6.45, 7) is 5.03. The molecule has 0 radical (unpaired) electrons. The van der Waals surface area contributed by atoms with Crippen LogP contribution in [0.4, 0.5) is 0 Å². The third kappa shape index (κ3) is 4.88. The van der Waals surface area contributed by atoms with Gasteiger partial charge < -0.3 is 10.6 Å². The van der Waals surface area contributed by atoms with Crippen LogP contribution in [0.2, 0.25) is 0 Å². The second-order valence-corrected chi connectivity index (χ2v) is 5.51. The van der Waals surface area contributed by atoms with Gasteiger partial charge in [-0.1, -0.05) is 45.2 Å². The van der Waals surface area contributed by atoms with Crippen molar-refractivity contribution in [3.8, 4) is 0 Å². The Bertz CT molecular complexity index is 485. The van der Waals surface area contributed by atoms with Gasteiger partial charge in [-0.25, -0.2) is 0 Å². The van der Waals surface area contributed by atoms with Crippen molar-refractivity contribution in [3.63, 3.8) is 0 Å². The third-order valence-electron chi connectivity index (χ3n) is 3.84. The summed E-state index contributed by atoms with van der Waals surface area (Å²) >= 11 is 0. The molecule has 1 aromatic carbocycles. The van der Waals surface area contributed by atoms with E-state index in [0.717, 1.165) is 12.8 Å². The highest BCUT2D eigenvalue weighted by Crippen LogP contribution is 2.16. The summed E-state index contributed by atoms with van der Waals surface area (Å²) in [5, 5.41) is 0. The summed E-state index contributed by atoms with van der Waals surface area (Å²) in [7, 11) is 1.79. The van der Waals surface area contributed by atoms with E-state index in [0.29, 0.717) is 18.0 Å². The lowest BCUT2D eigenvalue weighted by Crippen LogP contribution is -2.33. The van der Waals surface area contributed by atoms with Crippen LogP contribution in [-0.4, -0.2) is 30.3 Å². The zero-order valence-electron chi connectivity index (χ0n) is 13.3. The van der Waals surface area contributed by atoms with E-state index < -0.39 is 5.91 Å². The lowest BCUT2D eigenvalue weighted by Gasteiger charge is -2.24. The summed E-state index contributed by atoms with van der Waals surface area (Å²) < 4.78 is 0. The smallest absolute Gasteiger partial charge is 0.254 e. The van der Waals surface area contributed by atoms with E-state index >= 15 is 0 Å². The molecule has 0 aliphatic carbocycles. The molecule has 0 spiro atoms. The molecule has 0 aliphatic rings. The zero-order chi connectivity index (χ0) is 15.8. The van der Waals surface area contributed by atoms with Gasteiger partial charge in [-0.15, -0.1) is 0 Å². The van der Waals surface area contributed by atoms with E-state index in [-0.39, 0.29) is 11.5 Å². The van der Waals surface area contributed by atoms with Gasteiger partial charge in [0.25, 0.3) is 5.91 Å². The molecule has 0 heterocycles. The second kappa shape index (κ2) is 8.45. The van der Waals surface area contributed by atoms with Crippen molar-refractivity contribution in [2.75, 3.05) is 13.6 Å². The Balaban J connectivity index is 2.80. The Morgan fingerprint density at radius 1 is 1.19 bits per heavy atom. The average Bonchev–Trinajstić information content (AvgIpc) is 2.50. The van der Waals surface area contributed by atoms with Gasteiger partial charge in [0.15, 0.2) is 0 Å². The molecule has 4 nitrogen and oxygen atoms in total. The Hall–Kier alpha value is -1.84. The van der Waals surface area contributed by atoms with Crippen LogP contribution >= 0.6 is 0 Å². The minimum atomic E-state index is -0.564. The highest BCUT2D eigenvalue weighted by atomic mass is 16.2. The molecule has 1 rings (SSSR count). The number of carbonyl (C=O) groups excluding carboxylic acids is 2. The number of primary amides is 1. The first-order valence-electron chi connectivity index (χ1n) is 7.65. The Kier molecular flexibility index (Phi) is 6.92. The molecule has 0 saturated heterocycles. The standard InChI is InChI=1S/C17H26N2O2/c1-4-6-9-13(5-2)12-19(3)17(21)15-11-8-7-10-14(15)16(18)20/h7-8,10-11,13H,4-6,9,12H2,1-3H3,(H2,18,20). The maximum Gasteiger partial charge on any atom is 0.254 e. The number of hydrogen-bond donors (Lipinski definition) is 1. The first kappa shape index (κ1) is 17.2. The van der Waals surface area contributed by atoms with Crippen LogP contribution in [0.1, 0.15) is 60.2 Å². The van der Waals surface area contributed by atoms with Gasteiger partial charge >= 0.3 is 0 Å². The second-order valence-electron chi connectivity index (χ2n) is 5.51. The van der Waals surface area contributed by atoms with Crippen molar-refractivity contribution in [1.29, 1.82) is 0 Å². The average molecular weight is 290 g/mol. The topological polar surface area (TPSA) is 63.4 Å². The lowest BCUT2D eigenvalue weighted by atomic mass is 9.98. The van der Waals surface area contributed by atoms with Crippen LogP contribution < -0.4 is 5.73 Å². The molecular formula is C17H26N2O2. The quantitative estimate of drug-likeness (QED) is 0.799. The monoisotopic (exact) mass is 290 g/mol. The van der Waals surface area contributed by atoms with Crippen molar-refractivity contribution in [3.05, 3.63) is 35.4 Å². The van der Waals surface area contributed by atoms with Crippen LogP contribution in [0, 0.1) is 5.92 Å². The largest absolute Gasteiger partial charge is 0.366 e. The van der Waals surface area contributed by atoms with E-state index in [2.05, 4.69) is 13.8 Å². The molecule has 1 atom stereocenters. The van der Waals surface area contributed by atoms with Gasteiger partial charge in [-0.3, -0.25) is 9.59 Å². The van der Waals surface area contributed by atoms with Crippen LogP contribution in [0.5, 0.6) is 0 Å². The number of hydrogen-bond acceptors (Lipinski definition) is 2. The summed E-state index contributed by atoms with van der Waals surface area (Å²) in [4.78, 5) is 25.6. The summed E-state index contributed by atoms with van der Waals surface area (Å²) in [6, 6.07) is 6.72. The Labute approximate surface area is 127 Å². The van der Waals surface area contributed by atoms with Gasteiger partial charge in [-0.2, -0.15) is 0 Å². The van der Waals surface area contributed by atoms with Crippen LogP contribution in [-0.2, 0) is 0 Å². The number of nitrogens with two attached hydrogens (primary N) is 1. The van der Waals surface area contributed by atoms with Crippen molar-refractivity contribution >= 4 is 11.8 Å². The molecular weight excluding hydrogens is 264 g/mol. The highest BCUT2D eigenvalue weighted by molar-refractivity contribution is 6.06. The number of amides is 2. The molecule has 0 saturated carbocycles. The Morgan fingerprint density at radius 2 is 1.81 bits per heavy atom. The predicted molar refractivity (Wildman–Crippen MR) is 85.2 cm³/mol. The number of unbranched alkanes of at least 4 members (excludes halogenated alkanes) is 1. The first-order valence-corrected chi connectivity index (χ1v) is 7.65. The van der Waals surface area contributed by atoms with Gasteiger partial charge in [0, 0.05) is 13.6 Å². The molecule has 21 heavy (non-hydrogen) atoms. The van der Waals surface area contributed by atoms with E-state index in [1.54, 1.807) is 36.2 Å². The SMILES string of the molecule is CCCCC(CC)CN(C)C(=O)c1ccccc1C(N)=O. The number of carbonyl (C=O) groups is 2. The van der Waals surface area contributed by atoms with E-state index in [4.69, 9.17) is 5.73 Å². The molecule has 0 bridgehead atoms. The molecule has 4 heteroatoms. The molecule has 2 N–H and O–H groups in total. The molecule has 1 aromatic rings. The molecule has 1 unspecified atom stereocenters. The maximum absolute atomic E-state index is 12.5. The van der Waals surface area contributed by atoms with Crippen LogP contribution in [0.15, 0.2) is 24.3 Å². The molecule has 0 fully saturated rings. The summed E-state index contributed by atoms with van der Waals surface area (Å²) in [6.07, 6.45) is 4.52. The molecule has 2 amide bonds. The highest BCUT2D eigenvalue weighted by Gasteiger charge is 2.20. The lowest BCUT2D eigenvalue weighted by molar-refractivity contribution is 0.0762. The minimum absolute atomic E-state index is 0.139. The fourth-order valence-electron chi connectivity index (χ4n) is 2.48. The van der Waals surface area contributed by atoms with Crippen molar-refractivity contribution in [2.45, 2.75) is 39.5 Å². The minimum Gasteiger partial charge on any atom is -0.366 e. The predicted octanol–water partition coefficient (Wildman–Crippen LogP) is 3.07. The maximum atomic E-state index is 12.5. The number of nitrogens with zero attached hydrogens (tertiary/aromatic N) is 1. The third-order valence-corrected chi connectivity index (χ3v) is 3.84. The Morgan fingerprint density at radius 3 is 2.33 bits per heavy atom. The van der Waals surface area contributed by atoms with Crippen LogP contribution in [0.3, 0.4) is 0 Å². The summed E-state index contributed by atoms with van der Waals surface area (Å²) in [5.74, 6) is -0.204. The van der Waals surface area contributed by atoms with Gasteiger partial charge in [0.1, 0.15) is 0 Å². The first-order chi connectivity index (χ1) is 10.0. The van der Waals surface area contributed by atoms with E-state index in [9.17, 15) is 9.59 Å². The molecule has 0 aromatic heterocycles. The van der Waals surface area contributed by atoms with Gasteiger partial charge in [0.05, 0.1) is 11.1 Å². The fraction of sp³-hybridized carbons (Fsp3) is 0.529. The number of rotatable bonds is 8. The summed E-state index contributed by atoms with van der Waals surface area (Å²) in [5.41, 5.74) is 6.01. The van der Waals surface area contributed by atoms with Crippen molar-refractivity contribution in [2.24, 2.45) is 11.7 Å². The van der Waals surface area contributed by atoms with Crippen LogP contribution in [0.25, 0.3) is 0 Å². The fourth-order valence-corrected chi connectivity index (χ4v) is 2.48. The van der Waals surface area contributed by atoms with Crippen molar-refractivity contribution in [1.82, 2.24) is 4.90 Å². The van der Waals surface area contributed by atoms with Gasteiger partial charge in [0.2, 0.25) is 5.91 Å².